The Labute approximate surface area is 175 Å². The van der Waals surface area contributed by atoms with Crippen molar-refractivity contribution >= 4 is 21.7 Å². The molecule has 1 aromatic heterocycles. The standard InChI is InChI=1S/C22H22N4O3S/c23-21-20(16-5-8-19-17(12-16)9-10-25-22(19)27)11-15(13-26-21)2-1-14-3-6-18(7-4-14)30(24,28)29/h3-8,11-13H,1-2,9-10H2,(H2,23,26)(H,25,27)(H2,24,28,29). The van der Waals surface area contributed by atoms with Gasteiger partial charge in [-0.05, 0) is 65.8 Å². The molecule has 0 saturated carbocycles. The van der Waals surface area contributed by atoms with Crippen molar-refractivity contribution in [3.63, 3.8) is 0 Å². The van der Waals surface area contributed by atoms with Gasteiger partial charge in [-0.2, -0.15) is 0 Å². The van der Waals surface area contributed by atoms with Crippen molar-refractivity contribution in [2.24, 2.45) is 5.14 Å². The van der Waals surface area contributed by atoms with Crippen LogP contribution in [0.5, 0.6) is 0 Å². The summed E-state index contributed by atoms with van der Waals surface area (Å²) >= 11 is 0. The van der Waals surface area contributed by atoms with Gasteiger partial charge < -0.3 is 11.1 Å². The zero-order chi connectivity index (χ0) is 21.3. The van der Waals surface area contributed by atoms with Gasteiger partial charge in [0.1, 0.15) is 5.82 Å². The minimum Gasteiger partial charge on any atom is -0.383 e. The summed E-state index contributed by atoms with van der Waals surface area (Å²) in [4.78, 5) is 16.4. The number of aromatic nitrogens is 1. The molecule has 4 rings (SSSR count). The van der Waals surface area contributed by atoms with E-state index in [-0.39, 0.29) is 10.8 Å². The fraction of sp³-hybridized carbons (Fsp3) is 0.182. The molecule has 0 atom stereocenters. The van der Waals surface area contributed by atoms with Crippen molar-refractivity contribution < 1.29 is 13.2 Å². The van der Waals surface area contributed by atoms with Crippen molar-refractivity contribution in [1.29, 1.82) is 0 Å². The molecule has 2 aromatic carbocycles. The average molecular weight is 423 g/mol. The Bertz CT molecular complexity index is 1220. The van der Waals surface area contributed by atoms with Gasteiger partial charge in [0.25, 0.3) is 5.91 Å². The van der Waals surface area contributed by atoms with E-state index in [1.165, 1.54) is 12.1 Å². The van der Waals surface area contributed by atoms with Crippen LogP contribution in [0.4, 0.5) is 5.82 Å². The van der Waals surface area contributed by atoms with E-state index in [1.807, 2.05) is 24.3 Å². The number of nitrogen functional groups attached to an aromatic ring is 1. The van der Waals surface area contributed by atoms with E-state index in [2.05, 4.69) is 10.3 Å². The molecule has 1 amide bonds. The van der Waals surface area contributed by atoms with Gasteiger partial charge in [0.15, 0.2) is 0 Å². The van der Waals surface area contributed by atoms with Gasteiger partial charge in [0.05, 0.1) is 4.90 Å². The molecule has 0 aliphatic carbocycles. The van der Waals surface area contributed by atoms with Crippen molar-refractivity contribution in [2.45, 2.75) is 24.2 Å². The smallest absolute Gasteiger partial charge is 0.251 e. The number of nitrogens with one attached hydrogen (secondary N) is 1. The van der Waals surface area contributed by atoms with Crippen LogP contribution in [0.3, 0.4) is 0 Å². The molecule has 5 N–H and O–H groups in total. The number of carbonyl (C=O) groups is 1. The second-order valence-electron chi connectivity index (χ2n) is 7.34. The van der Waals surface area contributed by atoms with Crippen LogP contribution in [0.25, 0.3) is 11.1 Å². The zero-order valence-electron chi connectivity index (χ0n) is 16.3. The maximum Gasteiger partial charge on any atom is 0.251 e. The summed E-state index contributed by atoms with van der Waals surface area (Å²) in [6.07, 6.45) is 3.99. The number of benzene rings is 2. The lowest BCUT2D eigenvalue weighted by molar-refractivity contribution is 0.0946. The number of nitrogens with two attached hydrogens (primary N) is 2. The molecule has 8 heteroatoms. The number of hydrogen-bond donors (Lipinski definition) is 3. The van der Waals surface area contributed by atoms with Crippen LogP contribution < -0.4 is 16.2 Å². The molecule has 0 bridgehead atoms. The highest BCUT2D eigenvalue weighted by Gasteiger charge is 2.17. The molecule has 3 aromatic rings. The van der Waals surface area contributed by atoms with Crippen LogP contribution in [-0.2, 0) is 29.3 Å². The molecule has 0 fully saturated rings. The highest BCUT2D eigenvalue weighted by Crippen LogP contribution is 2.29. The SMILES string of the molecule is Nc1ncc(CCc2ccc(S(N)(=O)=O)cc2)cc1-c1ccc2c(c1)CCNC2=O. The molecule has 1 aliphatic rings. The number of carbonyl (C=O) groups excluding carboxylic acids is 1. The second kappa shape index (κ2) is 7.89. The highest BCUT2D eigenvalue weighted by atomic mass is 32.2. The first kappa shape index (κ1) is 20.1. The van der Waals surface area contributed by atoms with Crippen LogP contribution in [0.15, 0.2) is 59.6 Å². The van der Waals surface area contributed by atoms with E-state index in [4.69, 9.17) is 10.9 Å². The van der Waals surface area contributed by atoms with E-state index in [0.29, 0.717) is 17.9 Å². The van der Waals surface area contributed by atoms with Gasteiger partial charge >= 0.3 is 0 Å². The van der Waals surface area contributed by atoms with Crippen molar-refractivity contribution in [3.8, 4) is 11.1 Å². The lowest BCUT2D eigenvalue weighted by atomic mass is 9.94. The highest BCUT2D eigenvalue weighted by molar-refractivity contribution is 7.89. The zero-order valence-corrected chi connectivity index (χ0v) is 17.1. The quantitative estimate of drug-likeness (QED) is 0.580. The van der Waals surface area contributed by atoms with Gasteiger partial charge in [-0.15, -0.1) is 0 Å². The van der Waals surface area contributed by atoms with Crippen molar-refractivity contribution in [3.05, 3.63) is 77.0 Å². The molecule has 30 heavy (non-hydrogen) atoms. The largest absolute Gasteiger partial charge is 0.383 e. The van der Waals surface area contributed by atoms with E-state index in [1.54, 1.807) is 18.3 Å². The van der Waals surface area contributed by atoms with E-state index < -0.39 is 10.0 Å². The Morgan fingerprint density at radius 2 is 1.70 bits per heavy atom. The Kier molecular flexibility index (Phi) is 5.27. The predicted octanol–water partition coefficient (Wildman–Crippen LogP) is 2.05. The second-order valence-corrected chi connectivity index (χ2v) is 8.90. The predicted molar refractivity (Wildman–Crippen MR) is 115 cm³/mol. The topological polar surface area (TPSA) is 128 Å². The summed E-state index contributed by atoms with van der Waals surface area (Å²) in [5.74, 6) is 0.396. The minimum atomic E-state index is -3.69. The molecule has 0 saturated heterocycles. The van der Waals surface area contributed by atoms with Crippen LogP contribution in [-0.4, -0.2) is 25.9 Å². The van der Waals surface area contributed by atoms with Gasteiger partial charge in [0, 0.05) is 23.9 Å². The Morgan fingerprint density at radius 3 is 2.43 bits per heavy atom. The Morgan fingerprint density at radius 1 is 0.967 bits per heavy atom. The van der Waals surface area contributed by atoms with Crippen molar-refractivity contribution in [2.75, 3.05) is 12.3 Å². The molecule has 1 aliphatic heterocycles. The van der Waals surface area contributed by atoms with Gasteiger partial charge in [-0.3, -0.25) is 4.79 Å². The minimum absolute atomic E-state index is 0.0453. The monoisotopic (exact) mass is 422 g/mol. The Hall–Kier alpha value is -3.23. The van der Waals surface area contributed by atoms with Crippen LogP contribution in [0.1, 0.15) is 27.0 Å². The first-order chi connectivity index (χ1) is 14.3. The third kappa shape index (κ3) is 4.19. The molecular weight excluding hydrogens is 400 g/mol. The summed E-state index contributed by atoms with van der Waals surface area (Å²) in [5, 5.41) is 7.98. The maximum absolute atomic E-state index is 12.0. The van der Waals surface area contributed by atoms with Gasteiger partial charge in [-0.1, -0.05) is 24.3 Å². The lowest BCUT2D eigenvalue weighted by Gasteiger charge is -2.18. The fourth-order valence-electron chi connectivity index (χ4n) is 3.62. The number of sulfonamides is 1. The lowest BCUT2D eigenvalue weighted by Crippen LogP contribution is -2.31. The third-order valence-electron chi connectivity index (χ3n) is 5.27. The summed E-state index contributed by atoms with van der Waals surface area (Å²) in [7, 11) is -3.69. The summed E-state index contributed by atoms with van der Waals surface area (Å²) in [6.45, 7) is 0.632. The number of fused-ring (bicyclic) bond motifs is 1. The third-order valence-corrected chi connectivity index (χ3v) is 6.20. The van der Waals surface area contributed by atoms with Gasteiger partial charge in [-0.25, -0.2) is 18.5 Å². The first-order valence-electron chi connectivity index (χ1n) is 9.59. The summed E-state index contributed by atoms with van der Waals surface area (Å²) < 4.78 is 22.7. The normalized spacial score (nSPS) is 13.6. The Balaban J connectivity index is 1.54. The number of nitrogens with zero attached hydrogens (tertiary/aromatic N) is 1. The number of aryl methyl sites for hydroxylation is 2. The average Bonchev–Trinajstić information content (AvgIpc) is 2.73. The van der Waals surface area contributed by atoms with E-state index in [9.17, 15) is 13.2 Å². The summed E-state index contributed by atoms with van der Waals surface area (Å²) in [5.41, 5.74) is 11.6. The number of amides is 1. The van der Waals surface area contributed by atoms with E-state index >= 15 is 0 Å². The van der Waals surface area contributed by atoms with Crippen LogP contribution in [0, 0.1) is 0 Å². The number of rotatable bonds is 5. The molecule has 154 valence electrons. The molecule has 7 nitrogen and oxygen atoms in total. The molecule has 2 heterocycles. The number of pyridine rings is 1. The molecule has 0 radical (unpaired) electrons. The van der Waals surface area contributed by atoms with E-state index in [0.717, 1.165) is 47.1 Å². The fourth-order valence-corrected chi connectivity index (χ4v) is 4.13. The van der Waals surface area contributed by atoms with Crippen LogP contribution in [0.2, 0.25) is 0 Å². The molecular formula is C22H22N4O3S. The van der Waals surface area contributed by atoms with Crippen LogP contribution >= 0.6 is 0 Å². The van der Waals surface area contributed by atoms with Gasteiger partial charge in [0.2, 0.25) is 10.0 Å². The number of hydrogen-bond acceptors (Lipinski definition) is 5. The number of anilines is 1. The first-order valence-corrected chi connectivity index (χ1v) is 11.1. The summed E-state index contributed by atoms with van der Waals surface area (Å²) in [6, 6.07) is 14.3. The molecule has 0 spiro atoms. The van der Waals surface area contributed by atoms with Crippen molar-refractivity contribution in [1.82, 2.24) is 10.3 Å². The maximum atomic E-state index is 12.0. The number of primary sulfonamides is 1. The molecule has 0 unspecified atom stereocenters.